The van der Waals surface area contributed by atoms with Crippen molar-refractivity contribution in [1.82, 2.24) is 4.90 Å². The summed E-state index contributed by atoms with van der Waals surface area (Å²) in [7, 11) is 5.69. The number of rotatable bonds is 7. The summed E-state index contributed by atoms with van der Waals surface area (Å²) in [6.07, 6.45) is 1.13. The van der Waals surface area contributed by atoms with E-state index in [9.17, 15) is 4.79 Å². The molecule has 0 radical (unpaired) electrons. The van der Waals surface area contributed by atoms with E-state index >= 15 is 0 Å². The van der Waals surface area contributed by atoms with E-state index in [2.05, 4.69) is 32.2 Å². The summed E-state index contributed by atoms with van der Waals surface area (Å²) in [6, 6.07) is 13.8. The van der Waals surface area contributed by atoms with Gasteiger partial charge in [-0.2, -0.15) is 0 Å². The van der Waals surface area contributed by atoms with E-state index in [1.54, 1.807) is 7.11 Å². The minimum Gasteiger partial charge on any atom is -0.496 e. The number of amides is 1. The highest BCUT2D eigenvalue weighted by Crippen LogP contribution is 2.26. The Hall–Kier alpha value is -1.85. The summed E-state index contributed by atoms with van der Waals surface area (Å²) in [6.45, 7) is 0.851. The lowest BCUT2D eigenvalue weighted by Gasteiger charge is -2.11. The van der Waals surface area contributed by atoms with Crippen LogP contribution in [0.3, 0.4) is 0 Å². The van der Waals surface area contributed by atoms with Gasteiger partial charge >= 0.3 is 0 Å². The van der Waals surface area contributed by atoms with Crippen molar-refractivity contribution in [3.05, 3.63) is 58.1 Å². The van der Waals surface area contributed by atoms with Crippen LogP contribution in [0.5, 0.6) is 5.75 Å². The fourth-order valence-electron chi connectivity index (χ4n) is 2.46. The number of hydrogen-bond acceptors (Lipinski definition) is 3. The number of anilines is 1. The van der Waals surface area contributed by atoms with Gasteiger partial charge in [-0.25, -0.2) is 0 Å². The third-order valence-electron chi connectivity index (χ3n) is 3.57. The number of nitrogens with zero attached hydrogens (tertiary/aromatic N) is 1. The second kappa shape index (κ2) is 8.85. The molecule has 2 aromatic rings. The van der Waals surface area contributed by atoms with Crippen LogP contribution >= 0.6 is 15.9 Å². The number of nitrogens with one attached hydrogen (secondary N) is 1. The van der Waals surface area contributed by atoms with Gasteiger partial charge < -0.3 is 15.0 Å². The van der Waals surface area contributed by atoms with Crippen molar-refractivity contribution in [3.63, 3.8) is 0 Å². The predicted molar refractivity (Wildman–Crippen MR) is 101 cm³/mol. The maximum Gasteiger partial charge on any atom is 0.224 e. The van der Waals surface area contributed by atoms with Gasteiger partial charge in [0.15, 0.2) is 0 Å². The Labute approximate surface area is 151 Å². The SMILES string of the molecule is COc1ccc(CCC(=O)Nc2cccc(CN(C)C)c2)cc1Br. The van der Waals surface area contributed by atoms with Crippen molar-refractivity contribution in [3.8, 4) is 5.75 Å². The Morgan fingerprint density at radius 3 is 2.62 bits per heavy atom. The van der Waals surface area contributed by atoms with Crippen molar-refractivity contribution in [2.45, 2.75) is 19.4 Å². The third kappa shape index (κ3) is 5.65. The summed E-state index contributed by atoms with van der Waals surface area (Å²) in [4.78, 5) is 14.3. The molecular formula is C19H23BrN2O2. The number of ether oxygens (including phenoxy) is 1. The van der Waals surface area contributed by atoms with Crippen LogP contribution in [0.25, 0.3) is 0 Å². The van der Waals surface area contributed by atoms with Crippen molar-refractivity contribution >= 4 is 27.5 Å². The summed E-state index contributed by atoms with van der Waals surface area (Å²) in [5.74, 6) is 0.810. The number of methoxy groups -OCH3 is 1. The Balaban J connectivity index is 1.90. The number of carbonyl (C=O) groups is 1. The smallest absolute Gasteiger partial charge is 0.224 e. The molecule has 0 spiro atoms. The Bertz CT molecular complexity index is 702. The molecule has 0 bridgehead atoms. The molecule has 24 heavy (non-hydrogen) atoms. The predicted octanol–water partition coefficient (Wildman–Crippen LogP) is 4.09. The normalized spacial score (nSPS) is 10.7. The van der Waals surface area contributed by atoms with Crippen molar-refractivity contribution < 1.29 is 9.53 Å². The topological polar surface area (TPSA) is 41.6 Å². The number of carbonyl (C=O) groups excluding carboxylic acids is 1. The van der Waals surface area contributed by atoms with Crippen LogP contribution in [0.2, 0.25) is 0 Å². The Kier molecular flexibility index (Phi) is 6.82. The summed E-state index contributed by atoms with van der Waals surface area (Å²) >= 11 is 3.47. The van der Waals surface area contributed by atoms with Crippen LogP contribution in [0.1, 0.15) is 17.5 Å². The van der Waals surface area contributed by atoms with Gasteiger partial charge in [0.05, 0.1) is 11.6 Å². The molecule has 2 rings (SSSR count). The lowest BCUT2D eigenvalue weighted by atomic mass is 10.1. The van der Waals surface area contributed by atoms with Crippen LogP contribution in [0.4, 0.5) is 5.69 Å². The molecule has 0 fully saturated rings. The molecule has 0 atom stereocenters. The average molecular weight is 391 g/mol. The van der Waals surface area contributed by atoms with Crippen molar-refractivity contribution in [2.24, 2.45) is 0 Å². The van der Waals surface area contributed by atoms with Crippen LogP contribution in [-0.4, -0.2) is 32.0 Å². The van der Waals surface area contributed by atoms with Crippen LogP contribution in [-0.2, 0) is 17.8 Å². The van der Waals surface area contributed by atoms with Gasteiger partial charge in [-0.15, -0.1) is 0 Å². The lowest BCUT2D eigenvalue weighted by Crippen LogP contribution is -2.14. The molecule has 0 aromatic heterocycles. The first-order valence-corrected chi connectivity index (χ1v) is 8.63. The number of benzene rings is 2. The molecule has 0 aliphatic rings. The quantitative estimate of drug-likeness (QED) is 0.773. The zero-order valence-electron chi connectivity index (χ0n) is 14.3. The zero-order valence-corrected chi connectivity index (χ0v) is 15.9. The number of hydrogen-bond donors (Lipinski definition) is 1. The Morgan fingerprint density at radius 2 is 1.96 bits per heavy atom. The molecule has 0 heterocycles. The zero-order chi connectivity index (χ0) is 17.5. The Morgan fingerprint density at radius 1 is 1.17 bits per heavy atom. The van der Waals surface area contributed by atoms with Crippen LogP contribution in [0, 0.1) is 0 Å². The molecule has 0 aliphatic heterocycles. The molecule has 0 saturated carbocycles. The van der Waals surface area contributed by atoms with Crippen LogP contribution in [0.15, 0.2) is 46.9 Å². The van der Waals surface area contributed by atoms with E-state index in [4.69, 9.17) is 4.74 Å². The highest BCUT2D eigenvalue weighted by atomic mass is 79.9. The maximum atomic E-state index is 12.2. The van der Waals surface area contributed by atoms with Gasteiger partial charge in [-0.05, 0) is 71.8 Å². The lowest BCUT2D eigenvalue weighted by molar-refractivity contribution is -0.116. The number of halogens is 1. The van der Waals surface area contributed by atoms with Gasteiger partial charge in [-0.3, -0.25) is 4.79 Å². The summed E-state index contributed by atoms with van der Waals surface area (Å²) in [5.41, 5.74) is 3.12. The first kappa shape index (κ1) is 18.5. The molecule has 5 heteroatoms. The fraction of sp³-hybridized carbons (Fsp3) is 0.316. The minimum absolute atomic E-state index is 0.0175. The summed E-state index contributed by atoms with van der Waals surface area (Å²) in [5, 5.41) is 2.97. The molecule has 1 N–H and O–H groups in total. The van der Waals surface area contributed by atoms with E-state index in [1.807, 2.05) is 50.5 Å². The van der Waals surface area contributed by atoms with Crippen molar-refractivity contribution in [2.75, 3.05) is 26.5 Å². The second-order valence-electron chi connectivity index (χ2n) is 5.96. The molecule has 4 nitrogen and oxygen atoms in total. The monoisotopic (exact) mass is 390 g/mol. The highest BCUT2D eigenvalue weighted by molar-refractivity contribution is 9.10. The van der Waals surface area contributed by atoms with Gasteiger partial charge in [0, 0.05) is 18.7 Å². The van der Waals surface area contributed by atoms with Crippen LogP contribution < -0.4 is 10.1 Å². The number of aryl methyl sites for hydroxylation is 1. The first-order valence-electron chi connectivity index (χ1n) is 7.84. The molecule has 0 unspecified atom stereocenters. The fourth-order valence-corrected chi connectivity index (χ4v) is 3.05. The molecule has 2 aromatic carbocycles. The van der Waals surface area contributed by atoms with Gasteiger partial charge in [0.25, 0.3) is 0 Å². The molecule has 0 saturated heterocycles. The minimum atomic E-state index is 0.0175. The van der Waals surface area contributed by atoms with E-state index in [0.717, 1.165) is 28.0 Å². The summed E-state index contributed by atoms with van der Waals surface area (Å²) < 4.78 is 6.12. The van der Waals surface area contributed by atoms with Gasteiger partial charge in [0.1, 0.15) is 5.75 Å². The van der Waals surface area contributed by atoms with E-state index in [1.165, 1.54) is 5.56 Å². The molecule has 0 aliphatic carbocycles. The van der Waals surface area contributed by atoms with E-state index in [0.29, 0.717) is 12.8 Å². The van der Waals surface area contributed by atoms with Gasteiger partial charge in [0.2, 0.25) is 5.91 Å². The first-order chi connectivity index (χ1) is 11.5. The molecule has 1 amide bonds. The highest BCUT2D eigenvalue weighted by Gasteiger charge is 2.06. The molecule has 128 valence electrons. The maximum absolute atomic E-state index is 12.2. The van der Waals surface area contributed by atoms with Crippen molar-refractivity contribution in [1.29, 1.82) is 0 Å². The standard InChI is InChI=1S/C19H23BrN2O2/c1-22(2)13-15-5-4-6-16(11-15)21-19(23)10-8-14-7-9-18(24-3)17(20)12-14/h4-7,9,11-12H,8,10,13H2,1-3H3,(H,21,23). The second-order valence-corrected chi connectivity index (χ2v) is 6.81. The third-order valence-corrected chi connectivity index (χ3v) is 4.19. The average Bonchev–Trinajstić information content (AvgIpc) is 2.53. The van der Waals surface area contributed by atoms with Gasteiger partial charge in [-0.1, -0.05) is 18.2 Å². The largest absolute Gasteiger partial charge is 0.496 e. The van der Waals surface area contributed by atoms with E-state index in [-0.39, 0.29) is 5.91 Å². The van der Waals surface area contributed by atoms with E-state index < -0.39 is 0 Å². The molecular weight excluding hydrogens is 368 g/mol.